The van der Waals surface area contributed by atoms with Crippen molar-refractivity contribution in [1.29, 1.82) is 0 Å². The number of hydrogen-bond donors (Lipinski definition) is 1. The summed E-state index contributed by atoms with van der Waals surface area (Å²) in [5.41, 5.74) is 0.199. The Morgan fingerprint density at radius 2 is 2.11 bits per heavy atom. The van der Waals surface area contributed by atoms with Crippen molar-refractivity contribution in [3.8, 4) is 11.5 Å². The molecule has 1 fully saturated rings. The van der Waals surface area contributed by atoms with Gasteiger partial charge in [0.25, 0.3) is 0 Å². The Labute approximate surface area is 107 Å². The molecule has 1 aromatic carbocycles. The van der Waals surface area contributed by atoms with E-state index >= 15 is 0 Å². The molecule has 0 saturated heterocycles. The fraction of sp³-hybridized carbons (Fsp3) is 0.500. The van der Waals surface area contributed by atoms with Crippen molar-refractivity contribution in [2.45, 2.75) is 38.7 Å². The van der Waals surface area contributed by atoms with Gasteiger partial charge in [-0.25, -0.2) is 4.79 Å². The summed E-state index contributed by atoms with van der Waals surface area (Å²) >= 11 is 0. The Balaban J connectivity index is 2.21. The molecule has 0 radical (unpaired) electrons. The quantitative estimate of drug-likeness (QED) is 0.872. The Hall–Kier alpha value is -1.71. The lowest BCUT2D eigenvalue weighted by molar-refractivity contribution is 0.0689. The van der Waals surface area contributed by atoms with Gasteiger partial charge in [0.1, 0.15) is 17.1 Å². The summed E-state index contributed by atoms with van der Waals surface area (Å²) in [5.74, 6) is 0.0990. The van der Waals surface area contributed by atoms with Crippen molar-refractivity contribution in [3.05, 3.63) is 23.8 Å². The van der Waals surface area contributed by atoms with Gasteiger partial charge in [-0.2, -0.15) is 0 Å². The number of ether oxygens (including phenoxy) is 2. The highest BCUT2D eigenvalue weighted by Gasteiger charge is 2.20. The Kier molecular flexibility index (Phi) is 4.07. The van der Waals surface area contributed by atoms with Crippen LogP contribution in [0.2, 0.25) is 0 Å². The number of rotatable bonds is 5. The van der Waals surface area contributed by atoms with E-state index in [2.05, 4.69) is 0 Å². The molecule has 0 bridgehead atoms. The SMILES string of the molecule is CCOc1ccc(C(=O)O)c(OC2CCCC2)c1. The fourth-order valence-electron chi connectivity index (χ4n) is 2.22. The molecule has 1 aliphatic rings. The molecule has 1 N–H and O–H groups in total. The summed E-state index contributed by atoms with van der Waals surface area (Å²) in [5, 5.41) is 9.14. The molecule has 4 heteroatoms. The van der Waals surface area contributed by atoms with Crippen LogP contribution in [0.15, 0.2) is 18.2 Å². The van der Waals surface area contributed by atoms with Gasteiger partial charge in [0.05, 0.1) is 12.7 Å². The molecule has 0 heterocycles. The van der Waals surface area contributed by atoms with E-state index in [9.17, 15) is 4.79 Å². The van der Waals surface area contributed by atoms with Crippen molar-refractivity contribution < 1.29 is 19.4 Å². The molecule has 1 saturated carbocycles. The van der Waals surface area contributed by atoms with Gasteiger partial charge in [-0.15, -0.1) is 0 Å². The lowest BCUT2D eigenvalue weighted by Gasteiger charge is -2.16. The summed E-state index contributed by atoms with van der Waals surface area (Å²) in [7, 11) is 0. The van der Waals surface area contributed by atoms with Crippen molar-refractivity contribution in [1.82, 2.24) is 0 Å². The number of carbonyl (C=O) groups is 1. The smallest absolute Gasteiger partial charge is 0.339 e. The van der Waals surface area contributed by atoms with Gasteiger partial charge >= 0.3 is 5.97 Å². The zero-order valence-corrected chi connectivity index (χ0v) is 10.5. The average molecular weight is 250 g/mol. The molecule has 1 aliphatic carbocycles. The lowest BCUT2D eigenvalue weighted by atomic mass is 10.2. The highest BCUT2D eigenvalue weighted by atomic mass is 16.5. The zero-order valence-electron chi connectivity index (χ0n) is 10.5. The fourth-order valence-corrected chi connectivity index (χ4v) is 2.22. The number of benzene rings is 1. The van der Waals surface area contributed by atoms with E-state index in [1.807, 2.05) is 6.92 Å². The van der Waals surface area contributed by atoms with E-state index < -0.39 is 5.97 Å². The van der Waals surface area contributed by atoms with Crippen LogP contribution in [0.4, 0.5) is 0 Å². The van der Waals surface area contributed by atoms with Crippen LogP contribution in [0, 0.1) is 0 Å². The van der Waals surface area contributed by atoms with Crippen LogP contribution in [-0.2, 0) is 0 Å². The molecule has 4 nitrogen and oxygen atoms in total. The van der Waals surface area contributed by atoms with Crippen LogP contribution in [0.3, 0.4) is 0 Å². The standard InChI is InChI=1S/C14H18O4/c1-2-17-11-7-8-12(14(15)16)13(9-11)18-10-5-3-4-6-10/h7-10H,2-6H2,1H3,(H,15,16). The van der Waals surface area contributed by atoms with Gasteiger partial charge in [-0.05, 0) is 44.7 Å². The molecule has 0 unspecified atom stereocenters. The number of hydrogen-bond acceptors (Lipinski definition) is 3. The van der Waals surface area contributed by atoms with Crippen LogP contribution in [-0.4, -0.2) is 23.8 Å². The zero-order chi connectivity index (χ0) is 13.0. The van der Waals surface area contributed by atoms with Crippen molar-refractivity contribution in [3.63, 3.8) is 0 Å². The van der Waals surface area contributed by atoms with E-state index in [1.54, 1.807) is 12.1 Å². The van der Waals surface area contributed by atoms with Gasteiger partial charge in [-0.3, -0.25) is 0 Å². The second kappa shape index (κ2) is 5.76. The van der Waals surface area contributed by atoms with Crippen LogP contribution in [0.1, 0.15) is 43.0 Å². The second-order valence-corrected chi connectivity index (χ2v) is 4.42. The topological polar surface area (TPSA) is 55.8 Å². The Morgan fingerprint density at radius 1 is 1.39 bits per heavy atom. The van der Waals surface area contributed by atoms with Gasteiger partial charge in [0.15, 0.2) is 0 Å². The first-order valence-corrected chi connectivity index (χ1v) is 6.37. The molecule has 0 spiro atoms. The number of carboxylic acids is 1. The molecule has 0 aromatic heterocycles. The van der Waals surface area contributed by atoms with E-state index in [0.29, 0.717) is 18.1 Å². The molecule has 2 rings (SSSR count). The molecular formula is C14H18O4. The number of aromatic carboxylic acids is 1. The summed E-state index contributed by atoms with van der Waals surface area (Å²) in [6.07, 6.45) is 4.44. The van der Waals surface area contributed by atoms with E-state index in [-0.39, 0.29) is 11.7 Å². The molecule has 18 heavy (non-hydrogen) atoms. The first-order valence-electron chi connectivity index (χ1n) is 6.37. The minimum absolute atomic E-state index is 0.139. The third-order valence-electron chi connectivity index (χ3n) is 3.09. The molecule has 98 valence electrons. The van der Waals surface area contributed by atoms with Crippen molar-refractivity contribution in [2.24, 2.45) is 0 Å². The maximum atomic E-state index is 11.1. The average Bonchev–Trinajstić information content (AvgIpc) is 2.82. The minimum Gasteiger partial charge on any atom is -0.494 e. The molecule has 0 aliphatic heterocycles. The van der Waals surface area contributed by atoms with Gasteiger partial charge in [0.2, 0.25) is 0 Å². The van der Waals surface area contributed by atoms with Crippen LogP contribution >= 0.6 is 0 Å². The van der Waals surface area contributed by atoms with E-state index in [0.717, 1.165) is 25.7 Å². The van der Waals surface area contributed by atoms with Gasteiger partial charge < -0.3 is 14.6 Å². The Morgan fingerprint density at radius 3 is 2.72 bits per heavy atom. The minimum atomic E-state index is -0.967. The van der Waals surface area contributed by atoms with Crippen molar-refractivity contribution >= 4 is 5.97 Å². The lowest BCUT2D eigenvalue weighted by Crippen LogP contribution is -2.13. The Bertz CT molecular complexity index is 422. The first-order chi connectivity index (χ1) is 8.70. The summed E-state index contributed by atoms with van der Waals surface area (Å²) in [6.45, 7) is 2.44. The van der Waals surface area contributed by atoms with Crippen molar-refractivity contribution in [2.75, 3.05) is 6.61 Å². The van der Waals surface area contributed by atoms with Crippen LogP contribution in [0.25, 0.3) is 0 Å². The van der Waals surface area contributed by atoms with Crippen LogP contribution in [0.5, 0.6) is 11.5 Å². The highest BCUT2D eigenvalue weighted by Crippen LogP contribution is 2.30. The maximum absolute atomic E-state index is 11.1. The summed E-state index contributed by atoms with van der Waals surface area (Å²) in [6, 6.07) is 4.87. The van der Waals surface area contributed by atoms with Gasteiger partial charge in [-0.1, -0.05) is 0 Å². The molecule has 1 aromatic rings. The third-order valence-corrected chi connectivity index (χ3v) is 3.09. The highest BCUT2D eigenvalue weighted by molar-refractivity contribution is 5.91. The normalized spacial score (nSPS) is 15.6. The van der Waals surface area contributed by atoms with E-state index in [1.165, 1.54) is 6.07 Å². The predicted molar refractivity (Wildman–Crippen MR) is 67.5 cm³/mol. The largest absolute Gasteiger partial charge is 0.494 e. The molecule has 0 atom stereocenters. The predicted octanol–water partition coefficient (Wildman–Crippen LogP) is 3.10. The first kappa shape index (κ1) is 12.7. The van der Waals surface area contributed by atoms with Crippen LogP contribution < -0.4 is 9.47 Å². The molecular weight excluding hydrogens is 232 g/mol. The van der Waals surface area contributed by atoms with E-state index in [4.69, 9.17) is 14.6 Å². The third kappa shape index (κ3) is 2.94. The summed E-state index contributed by atoms with van der Waals surface area (Å²) in [4.78, 5) is 11.1. The summed E-state index contributed by atoms with van der Waals surface area (Å²) < 4.78 is 11.2. The second-order valence-electron chi connectivity index (χ2n) is 4.42. The molecule has 0 amide bonds. The van der Waals surface area contributed by atoms with Gasteiger partial charge in [0, 0.05) is 6.07 Å². The maximum Gasteiger partial charge on any atom is 0.339 e. The monoisotopic (exact) mass is 250 g/mol. The number of carboxylic acid groups (broad SMARTS) is 1.